The van der Waals surface area contributed by atoms with Crippen LogP contribution in [0.2, 0.25) is 0 Å². The third-order valence-electron chi connectivity index (χ3n) is 2.76. The van der Waals surface area contributed by atoms with Gasteiger partial charge in [-0.05, 0) is 31.1 Å². The van der Waals surface area contributed by atoms with Crippen LogP contribution in [0, 0.1) is 0 Å². The average molecular weight is 199 g/mol. The average Bonchev–Trinajstić information content (AvgIpc) is 2.50. The Morgan fingerprint density at radius 3 is 3.13 bits per heavy atom. The number of hydrogen-bond acceptors (Lipinski definition) is 3. The molecule has 1 aromatic rings. The normalized spacial score (nSPS) is 17.1. The molecular formula is C12H13N3. The second-order valence-electron chi connectivity index (χ2n) is 3.82. The van der Waals surface area contributed by atoms with E-state index in [4.69, 9.17) is 0 Å². The molecule has 0 radical (unpaired) electrons. The van der Waals surface area contributed by atoms with E-state index < -0.39 is 0 Å². The quantitative estimate of drug-likeness (QED) is 0.671. The molecular weight excluding hydrogens is 186 g/mol. The number of aromatic nitrogens is 1. The topological polar surface area (TPSA) is 37.0 Å². The van der Waals surface area contributed by atoms with E-state index in [1.165, 1.54) is 23.4 Å². The predicted molar refractivity (Wildman–Crippen MR) is 62.3 cm³/mol. The van der Waals surface area contributed by atoms with E-state index in [9.17, 15) is 0 Å². The molecule has 0 aromatic carbocycles. The number of rotatable bonds is 0. The van der Waals surface area contributed by atoms with Crippen molar-refractivity contribution in [2.24, 2.45) is 0 Å². The zero-order chi connectivity index (χ0) is 10.1. The van der Waals surface area contributed by atoms with Crippen molar-refractivity contribution in [3.63, 3.8) is 0 Å². The third-order valence-corrected chi connectivity index (χ3v) is 2.76. The Hall–Kier alpha value is -1.77. The summed E-state index contributed by atoms with van der Waals surface area (Å²) in [7, 11) is 0. The molecule has 3 rings (SSSR count). The van der Waals surface area contributed by atoms with Crippen LogP contribution in [0.15, 0.2) is 18.5 Å². The van der Waals surface area contributed by atoms with Gasteiger partial charge in [0.25, 0.3) is 0 Å². The second-order valence-corrected chi connectivity index (χ2v) is 3.82. The molecule has 15 heavy (non-hydrogen) atoms. The molecule has 3 heteroatoms. The van der Waals surface area contributed by atoms with E-state index >= 15 is 0 Å². The minimum Gasteiger partial charge on any atom is -0.384 e. The summed E-state index contributed by atoms with van der Waals surface area (Å²) in [5.74, 6) is 0. The van der Waals surface area contributed by atoms with Crippen LogP contribution in [0.3, 0.4) is 0 Å². The number of fused-ring (bicyclic) bond motifs is 2. The van der Waals surface area contributed by atoms with E-state index in [1.54, 1.807) is 0 Å². The monoisotopic (exact) mass is 199 g/mol. The lowest BCUT2D eigenvalue weighted by Gasteiger charge is -2.18. The number of pyridine rings is 1. The lowest BCUT2D eigenvalue weighted by molar-refractivity contribution is 0.800. The summed E-state index contributed by atoms with van der Waals surface area (Å²) in [5.41, 5.74) is 4.61. The number of nitrogens with one attached hydrogen (secondary N) is 2. The maximum atomic E-state index is 4.67. The van der Waals surface area contributed by atoms with E-state index in [2.05, 4.69) is 27.8 Å². The van der Waals surface area contributed by atoms with Gasteiger partial charge in [-0.25, -0.2) is 0 Å². The van der Waals surface area contributed by atoms with Gasteiger partial charge < -0.3 is 10.6 Å². The van der Waals surface area contributed by atoms with E-state index in [1.807, 2.05) is 18.5 Å². The van der Waals surface area contributed by atoms with Crippen LogP contribution in [0.4, 0.5) is 5.69 Å². The number of hydrogen-bond donors (Lipinski definition) is 2. The molecule has 2 aliphatic rings. The van der Waals surface area contributed by atoms with Crippen molar-refractivity contribution in [1.82, 2.24) is 10.3 Å². The smallest absolute Gasteiger partial charge is 0.0721 e. The summed E-state index contributed by atoms with van der Waals surface area (Å²) in [4.78, 5) is 4.67. The van der Waals surface area contributed by atoms with Gasteiger partial charge in [-0.3, -0.25) is 4.98 Å². The fraction of sp³-hybridized carbons (Fsp3) is 0.250. The van der Waals surface area contributed by atoms with Crippen LogP contribution in [0.5, 0.6) is 0 Å². The first-order valence-electron chi connectivity index (χ1n) is 5.30. The van der Waals surface area contributed by atoms with Gasteiger partial charge in [-0.2, -0.15) is 0 Å². The lowest BCUT2D eigenvalue weighted by atomic mass is 10.1. The molecule has 0 saturated carbocycles. The summed E-state index contributed by atoms with van der Waals surface area (Å²) in [6, 6.07) is 2.19. The molecule has 0 fully saturated rings. The molecule has 0 bridgehead atoms. The van der Waals surface area contributed by atoms with E-state index in [0.29, 0.717) is 0 Å². The summed E-state index contributed by atoms with van der Waals surface area (Å²) in [5, 5.41) is 6.46. The van der Waals surface area contributed by atoms with Crippen molar-refractivity contribution in [2.45, 2.75) is 12.8 Å². The highest BCUT2D eigenvalue weighted by atomic mass is 14.9. The van der Waals surface area contributed by atoms with Crippen LogP contribution in [0.25, 0.3) is 12.2 Å². The summed E-state index contributed by atoms with van der Waals surface area (Å²) < 4.78 is 0. The minimum absolute atomic E-state index is 1.05. The Kier molecular flexibility index (Phi) is 1.95. The molecule has 2 aliphatic heterocycles. The SMILES string of the molecule is C1=Cc2cc3c(nc2C=CN1)CCCN3. The largest absolute Gasteiger partial charge is 0.384 e. The Balaban J connectivity index is 2.15. The van der Waals surface area contributed by atoms with Crippen LogP contribution in [-0.2, 0) is 6.42 Å². The molecule has 1 aromatic heterocycles. The molecule has 0 spiro atoms. The molecule has 0 aliphatic carbocycles. The van der Waals surface area contributed by atoms with Crippen molar-refractivity contribution in [1.29, 1.82) is 0 Å². The van der Waals surface area contributed by atoms with Gasteiger partial charge in [0, 0.05) is 24.5 Å². The van der Waals surface area contributed by atoms with Gasteiger partial charge in [-0.15, -0.1) is 0 Å². The van der Waals surface area contributed by atoms with Gasteiger partial charge in [0.15, 0.2) is 0 Å². The Bertz CT molecular complexity index is 405. The Morgan fingerprint density at radius 2 is 2.13 bits per heavy atom. The predicted octanol–water partition coefficient (Wildman–Crippen LogP) is 1.98. The Labute approximate surface area is 88.9 Å². The standard InChI is InChI=1S/C12H13N3/c1-2-11-12(14-5-1)8-9-3-6-13-7-4-10(9)15-11/h3-4,6-8,13-14H,1-2,5H2. The van der Waals surface area contributed by atoms with Crippen LogP contribution < -0.4 is 10.6 Å². The molecule has 76 valence electrons. The zero-order valence-corrected chi connectivity index (χ0v) is 8.46. The summed E-state index contributed by atoms with van der Waals surface area (Å²) in [6.45, 7) is 1.06. The molecule has 0 unspecified atom stereocenters. The van der Waals surface area contributed by atoms with E-state index in [0.717, 1.165) is 18.7 Å². The number of aryl methyl sites for hydroxylation is 1. The first kappa shape index (κ1) is 8.53. The van der Waals surface area contributed by atoms with E-state index in [-0.39, 0.29) is 0 Å². The molecule has 0 amide bonds. The number of anilines is 1. The summed E-state index contributed by atoms with van der Waals surface area (Å²) >= 11 is 0. The van der Waals surface area contributed by atoms with Crippen molar-refractivity contribution in [3.8, 4) is 0 Å². The number of nitrogens with zero attached hydrogens (tertiary/aromatic N) is 1. The summed E-state index contributed by atoms with van der Waals surface area (Å²) in [6.07, 6.45) is 10.2. The molecule has 0 saturated heterocycles. The van der Waals surface area contributed by atoms with Gasteiger partial charge in [0.2, 0.25) is 0 Å². The van der Waals surface area contributed by atoms with Gasteiger partial charge in [-0.1, -0.05) is 0 Å². The first-order chi connectivity index (χ1) is 7.43. The third kappa shape index (κ3) is 1.50. The van der Waals surface area contributed by atoms with Crippen molar-refractivity contribution in [2.75, 3.05) is 11.9 Å². The van der Waals surface area contributed by atoms with Crippen LogP contribution in [-0.4, -0.2) is 11.5 Å². The first-order valence-corrected chi connectivity index (χ1v) is 5.30. The van der Waals surface area contributed by atoms with Crippen molar-refractivity contribution < 1.29 is 0 Å². The zero-order valence-electron chi connectivity index (χ0n) is 8.46. The van der Waals surface area contributed by atoms with Crippen LogP contribution >= 0.6 is 0 Å². The maximum Gasteiger partial charge on any atom is 0.0721 e. The molecule has 3 nitrogen and oxygen atoms in total. The fourth-order valence-electron chi connectivity index (χ4n) is 1.99. The van der Waals surface area contributed by atoms with Crippen LogP contribution in [0.1, 0.15) is 23.4 Å². The fourth-order valence-corrected chi connectivity index (χ4v) is 1.99. The van der Waals surface area contributed by atoms with Crippen molar-refractivity contribution >= 4 is 17.8 Å². The second kappa shape index (κ2) is 3.42. The maximum absolute atomic E-state index is 4.67. The highest BCUT2D eigenvalue weighted by molar-refractivity contribution is 5.69. The molecule has 3 heterocycles. The highest BCUT2D eigenvalue weighted by Gasteiger charge is 2.12. The molecule has 0 atom stereocenters. The molecule has 2 N–H and O–H groups in total. The lowest BCUT2D eigenvalue weighted by Crippen LogP contribution is -2.14. The van der Waals surface area contributed by atoms with Crippen molar-refractivity contribution in [3.05, 3.63) is 35.4 Å². The van der Waals surface area contributed by atoms with Gasteiger partial charge in [0.05, 0.1) is 17.1 Å². The Morgan fingerprint density at radius 1 is 1.20 bits per heavy atom. The van der Waals surface area contributed by atoms with Gasteiger partial charge in [0.1, 0.15) is 0 Å². The highest BCUT2D eigenvalue weighted by Crippen LogP contribution is 2.25. The van der Waals surface area contributed by atoms with Gasteiger partial charge >= 0.3 is 0 Å². The minimum atomic E-state index is 1.05.